The number of hydrogen-bond acceptors (Lipinski definition) is 6. The molecule has 142 valence electrons. The number of fused-ring (bicyclic) bond motifs is 1. The molecule has 0 radical (unpaired) electrons. The van der Waals surface area contributed by atoms with Gasteiger partial charge in [-0.25, -0.2) is 0 Å². The van der Waals surface area contributed by atoms with E-state index in [0.717, 1.165) is 16.9 Å². The first kappa shape index (κ1) is 17.1. The number of ether oxygens (including phenoxy) is 2. The number of hydrogen-bond donors (Lipinski definition) is 0. The quantitative estimate of drug-likeness (QED) is 0.669. The lowest BCUT2D eigenvalue weighted by molar-refractivity contribution is -0.128. The Morgan fingerprint density at radius 2 is 2.04 bits per heavy atom. The fourth-order valence-corrected chi connectivity index (χ4v) is 3.69. The fourth-order valence-electron chi connectivity index (χ4n) is 3.50. The van der Waals surface area contributed by atoms with Crippen LogP contribution in [0.25, 0.3) is 11.5 Å². The molecule has 1 fully saturated rings. The van der Waals surface area contributed by atoms with Gasteiger partial charge in [0.05, 0.1) is 0 Å². The van der Waals surface area contributed by atoms with Gasteiger partial charge in [0.15, 0.2) is 17.3 Å². The predicted octanol–water partition coefficient (Wildman–Crippen LogP) is 3.63. The normalized spacial score (nSPS) is 18.1. The van der Waals surface area contributed by atoms with Crippen LogP contribution in [0, 0.1) is 0 Å². The number of nitrogens with zero attached hydrogens (tertiary/aromatic N) is 3. The minimum absolute atomic E-state index is 0.0665. The molecule has 0 bridgehead atoms. The first-order chi connectivity index (χ1) is 13.7. The zero-order chi connectivity index (χ0) is 19.1. The molecular formula is C20H16ClN3O4. The highest BCUT2D eigenvalue weighted by Gasteiger charge is 2.34. The molecular weight excluding hydrogens is 382 g/mol. The Hall–Kier alpha value is -3.06. The zero-order valence-corrected chi connectivity index (χ0v) is 15.6. The summed E-state index contributed by atoms with van der Waals surface area (Å²) in [5.74, 6) is 2.35. The van der Waals surface area contributed by atoms with Crippen molar-refractivity contribution in [2.24, 2.45) is 0 Å². The van der Waals surface area contributed by atoms with Crippen LogP contribution in [0.2, 0.25) is 5.02 Å². The number of likely N-dealkylation sites (tertiary alicyclic amines) is 1. The lowest BCUT2D eigenvalue weighted by Gasteiger charge is -2.16. The predicted molar refractivity (Wildman–Crippen MR) is 100 cm³/mol. The van der Waals surface area contributed by atoms with E-state index < -0.39 is 0 Å². The maximum Gasteiger partial charge on any atom is 0.257 e. The fraction of sp³-hybridized carbons (Fsp3) is 0.250. The molecule has 7 nitrogen and oxygen atoms in total. The van der Waals surface area contributed by atoms with Crippen LogP contribution in [-0.2, 0) is 11.3 Å². The number of benzene rings is 2. The first-order valence-electron chi connectivity index (χ1n) is 8.91. The van der Waals surface area contributed by atoms with E-state index in [1.54, 1.807) is 17.0 Å². The van der Waals surface area contributed by atoms with Crippen LogP contribution in [0.5, 0.6) is 11.5 Å². The number of carbonyl (C=O) groups is 1. The van der Waals surface area contributed by atoms with E-state index in [1.807, 2.05) is 30.3 Å². The van der Waals surface area contributed by atoms with Gasteiger partial charge in [-0.1, -0.05) is 28.9 Å². The molecule has 0 aliphatic carbocycles. The molecule has 8 heteroatoms. The van der Waals surface area contributed by atoms with Gasteiger partial charge in [-0.15, -0.1) is 0 Å². The van der Waals surface area contributed by atoms with Crippen molar-refractivity contribution in [3.05, 3.63) is 58.9 Å². The van der Waals surface area contributed by atoms with Crippen molar-refractivity contribution in [1.82, 2.24) is 15.0 Å². The minimum Gasteiger partial charge on any atom is -0.454 e. The molecule has 1 amide bonds. The van der Waals surface area contributed by atoms with Gasteiger partial charge in [0, 0.05) is 36.0 Å². The zero-order valence-electron chi connectivity index (χ0n) is 14.8. The van der Waals surface area contributed by atoms with Crippen molar-refractivity contribution in [3.8, 4) is 23.0 Å². The topological polar surface area (TPSA) is 77.7 Å². The molecule has 2 aromatic carbocycles. The van der Waals surface area contributed by atoms with Crippen LogP contribution < -0.4 is 9.47 Å². The maximum atomic E-state index is 12.5. The Balaban J connectivity index is 1.30. The van der Waals surface area contributed by atoms with Gasteiger partial charge in [0.25, 0.3) is 5.89 Å². The average molecular weight is 398 g/mol. The lowest BCUT2D eigenvalue weighted by atomic mass is 10.1. The monoisotopic (exact) mass is 397 g/mol. The van der Waals surface area contributed by atoms with Crippen LogP contribution in [0.3, 0.4) is 0 Å². The summed E-state index contributed by atoms with van der Waals surface area (Å²) in [4.78, 5) is 18.8. The molecule has 0 saturated carbocycles. The maximum absolute atomic E-state index is 12.5. The summed E-state index contributed by atoms with van der Waals surface area (Å²) in [6.45, 7) is 1.28. The molecule has 1 atom stereocenters. The van der Waals surface area contributed by atoms with Gasteiger partial charge in [-0.2, -0.15) is 4.98 Å². The summed E-state index contributed by atoms with van der Waals surface area (Å²) in [5.41, 5.74) is 1.75. The highest BCUT2D eigenvalue weighted by Crippen LogP contribution is 2.34. The van der Waals surface area contributed by atoms with Crippen molar-refractivity contribution >= 4 is 17.5 Å². The summed E-state index contributed by atoms with van der Waals surface area (Å²) < 4.78 is 16.1. The van der Waals surface area contributed by atoms with E-state index in [-0.39, 0.29) is 18.6 Å². The Labute approximate surface area is 165 Å². The van der Waals surface area contributed by atoms with E-state index in [9.17, 15) is 4.79 Å². The van der Waals surface area contributed by atoms with Crippen molar-refractivity contribution in [1.29, 1.82) is 0 Å². The SMILES string of the molecule is O=C1CC(c2noc(-c3cccc(Cl)c3)n2)CN1Cc1ccc2c(c1)OCO2. The third kappa shape index (κ3) is 3.18. The average Bonchev–Trinajstić information content (AvgIpc) is 3.42. The Morgan fingerprint density at radius 3 is 2.93 bits per heavy atom. The van der Waals surface area contributed by atoms with Crippen molar-refractivity contribution in [2.45, 2.75) is 18.9 Å². The van der Waals surface area contributed by atoms with Crippen LogP contribution in [0.1, 0.15) is 23.7 Å². The van der Waals surface area contributed by atoms with E-state index in [1.165, 1.54) is 0 Å². The molecule has 2 aliphatic heterocycles. The number of rotatable bonds is 4. The van der Waals surface area contributed by atoms with Crippen molar-refractivity contribution < 1.29 is 18.8 Å². The van der Waals surface area contributed by atoms with Gasteiger partial charge in [-0.05, 0) is 35.9 Å². The van der Waals surface area contributed by atoms with Crippen molar-refractivity contribution in [2.75, 3.05) is 13.3 Å². The smallest absolute Gasteiger partial charge is 0.257 e. The molecule has 3 heterocycles. The number of halogens is 1. The molecule has 1 saturated heterocycles. The highest BCUT2D eigenvalue weighted by molar-refractivity contribution is 6.30. The van der Waals surface area contributed by atoms with E-state index >= 15 is 0 Å². The van der Waals surface area contributed by atoms with Crippen LogP contribution in [-0.4, -0.2) is 34.3 Å². The van der Waals surface area contributed by atoms with Gasteiger partial charge in [0.2, 0.25) is 12.7 Å². The molecule has 0 N–H and O–H groups in total. The van der Waals surface area contributed by atoms with Gasteiger partial charge >= 0.3 is 0 Å². The van der Waals surface area contributed by atoms with Crippen LogP contribution in [0.15, 0.2) is 47.0 Å². The summed E-state index contributed by atoms with van der Waals surface area (Å²) >= 11 is 6.02. The van der Waals surface area contributed by atoms with E-state index in [0.29, 0.717) is 42.0 Å². The summed E-state index contributed by atoms with van der Waals surface area (Å²) in [6.07, 6.45) is 0.360. The molecule has 2 aliphatic rings. The largest absolute Gasteiger partial charge is 0.454 e. The van der Waals surface area contributed by atoms with Gasteiger partial charge < -0.3 is 18.9 Å². The Morgan fingerprint density at radius 1 is 1.14 bits per heavy atom. The Bertz CT molecular complexity index is 1050. The van der Waals surface area contributed by atoms with Crippen LogP contribution in [0.4, 0.5) is 0 Å². The second-order valence-corrected chi connectivity index (χ2v) is 7.27. The van der Waals surface area contributed by atoms with E-state index in [4.69, 9.17) is 25.6 Å². The number of aromatic nitrogens is 2. The molecule has 1 aromatic heterocycles. The van der Waals surface area contributed by atoms with Crippen LogP contribution >= 0.6 is 11.6 Å². The molecule has 5 rings (SSSR count). The number of amides is 1. The van der Waals surface area contributed by atoms with Crippen molar-refractivity contribution in [3.63, 3.8) is 0 Å². The third-order valence-electron chi connectivity index (χ3n) is 4.90. The summed E-state index contributed by atoms with van der Waals surface area (Å²) in [7, 11) is 0. The molecule has 0 spiro atoms. The van der Waals surface area contributed by atoms with Gasteiger partial charge in [0.1, 0.15) is 0 Å². The third-order valence-corrected chi connectivity index (χ3v) is 5.14. The second-order valence-electron chi connectivity index (χ2n) is 6.83. The molecule has 3 aromatic rings. The van der Waals surface area contributed by atoms with Gasteiger partial charge in [-0.3, -0.25) is 4.79 Å². The minimum atomic E-state index is -0.0989. The first-order valence-corrected chi connectivity index (χ1v) is 9.29. The van der Waals surface area contributed by atoms with E-state index in [2.05, 4.69) is 10.1 Å². The summed E-state index contributed by atoms with van der Waals surface area (Å²) in [6, 6.07) is 13.0. The Kier molecular flexibility index (Phi) is 4.16. The number of carbonyl (C=O) groups excluding carboxylic acids is 1. The summed E-state index contributed by atoms with van der Waals surface area (Å²) in [5, 5.41) is 4.68. The molecule has 1 unspecified atom stereocenters. The highest BCUT2D eigenvalue weighted by atomic mass is 35.5. The lowest BCUT2D eigenvalue weighted by Crippen LogP contribution is -2.24. The second kappa shape index (κ2) is 6.83. The standard InChI is InChI=1S/C20H16ClN3O4/c21-15-3-1-2-13(7-15)20-22-19(23-28-20)14-8-18(25)24(10-14)9-12-4-5-16-17(6-12)27-11-26-16/h1-7,14H,8-11H2. The molecule has 28 heavy (non-hydrogen) atoms.